The van der Waals surface area contributed by atoms with Crippen LogP contribution >= 0.6 is 0 Å². The number of rotatable bonds is 11. The second-order valence-corrected chi connectivity index (χ2v) is 10.2. The molecule has 4 rings (SSSR count). The van der Waals surface area contributed by atoms with Crippen LogP contribution in [0.1, 0.15) is 36.5 Å². The normalized spacial score (nSPS) is 16.4. The zero-order chi connectivity index (χ0) is 29.2. The number of nitrogens with one attached hydrogen (secondary N) is 2. The Bertz CT molecular complexity index is 1290. The number of carbonyl (C=O) groups excluding carboxylic acids is 3. The van der Waals surface area contributed by atoms with Crippen molar-refractivity contribution < 1.29 is 18.8 Å². The van der Waals surface area contributed by atoms with E-state index in [2.05, 4.69) is 22.8 Å². The number of benzene rings is 3. The summed E-state index contributed by atoms with van der Waals surface area (Å²) in [6, 6.07) is 24.4. The number of hydrazine groups is 1. The fraction of sp³-hybridized carbons (Fsp3) is 0.344. The van der Waals surface area contributed by atoms with E-state index in [1.54, 1.807) is 29.1 Å². The fourth-order valence-corrected chi connectivity index (χ4v) is 5.19. The molecule has 0 unspecified atom stereocenters. The molecule has 0 aliphatic carbocycles. The van der Waals surface area contributed by atoms with Gasteiger partial charge in [0.1, 0.15) is 18.0 Å². The van der Waals surface area contributed by atoms with Crippen LogP contribution in [-0.4, -0.2) is 65.1 Å². The van der Waals surface area contributed by atoms with Crippen molar-refractivity contribution in [3.05, 3.63) is 107 Å². The summed E-state index contributed by atoms with van der Waals surface area (Å²) in [4.78, 5) is 42.2. The molecule has 0 bridgehead atoms. The number of aryl methyl sites for hydroxylation is 1. The maximum atomic E-state index is 13.7. The van der Waals surface area contributed by atoms with E-state index in [1.165, 1.54) is 22.7 Å². The van der Waals surface area contributed by atoms with Crippen molar-refractivity contribution in [2.75, 3.05) is 20.1 Å². The molecule has 0 radical (unpaired) electrons. The van der Waals surface area contributed by atoms with Crippen LogP contribution in [0.4, 0.5) is 9.18 Å². The highest BCUT2D eigenvalue weighted by atomic mass is 19.1. The Labute approximate surface area is 241 Å². The Morgan fingerprint density at radius 1 is 0.902 bits per heavy atom. The van der Waals surface area contributed by atoms with Gasteiger partial charge in [-0.25, -0.2) is 19.2 Å². The summed E-state index contributed by atoms with van der Waals surface area (Å²) < 4.78 is 13.3. The third kappa shape index (κ3) is 7.91. The minimum Gasteiger partial charge on any atom is -0.354 e. The summed E-state index contributed by atoms with van der Waals surface area (Å²) in [5.74, 6) is -0.814. The molecule has 4 amide bonds. The maximum Gasteiger partial charge on any atom is 0.334 e. The van der Waals surface area contributed by atoms with Crippen molar-refractivity contribution >= 4 is 17.8 Å². The molecule has 1 saturated heterocycles. The molecule has 3 aromatic rings. The van der Waals surface area contributed by atoms with Crippen molar-refractivity contribution in [1.29, 1.82) is 0 Å². The Hall–Kier alpha value is -4.24. The van der Waals surface area contributed by atoms with Gasteiger partial charge in [0.05, 0.1) is 6.54 Å². The quantitative estimate of drug-likeness (QED) is 0.346. The predicted octanol–water partition coefficient (Wildman–Crippen LogP) is 4.12. The summed E-state index contributed by atoms with van der Waals surface area (Å²) in [5.41, 5.74) is 2.87. The summed E-state index contributed by atoms with van der Waals surface area (Å²) in [6.45, 7) is 2.51. The summed E-state index contributed by atoms with van der Waals surface area (Å²) in [7, 11) is 1.69. The lowest BCUT2D eigenvalue weighted by atomic mass is 10.0. The molecule has 1 fully saturated rings. The molecule has 41 heavy (non-hydrogen) atoms. The molecule has 0 spiro atoms. The lowest BCUT2D eigenvalue weighted by molar-refractivity contribution is -0.172. The van der Waals surface area contributed by atoms with Crippen LogP contribution in [0.15, 0.2) is 84.9 Å². The Balaban J connectivity index is 1.51. The smallest absolute Gasteiger partial charge is 0.334 e. The molecule has 1 aliphatic rings. The number of carbonyl (C=O) groups is 3. The second kappa shape index (κ2) is 14.4. The minimum atomic E-state index is -0.798. The van der Waals surface area contributed by atoms with Crippen LogP contribution in [0.25, 0.3) is 0 Å². The minimum absolute atomic E-state index is 0.0486. The van der Waals surface area contributed by atoms with Gasteiger partial charge >= 0.3 is 6.03 Å². The van der Waals surface area contributed by atoms with E-state index in [4.69, 9.17) is 0 Å². The number of hydrogen-bond donors (Lipinski definition) is 2. The average Bonchev–Trinajstić information content (AvgIpc) is 2.98. The van der Waals surface area contributed by atoms with E-state index in [0.717, 1.165) is 24.0 Å². The van der Waals surface area contributed by atoms with Crippen molar-refractivity contribution in [1.82, 2.24) is 25.6 Å². The van der Waals surface area contributed by atoms with Crippen LogP contribution in [-0.2, 0) is 29.0 Å². The van der Waals surface area contributed by atoms with E-state index in [9.17, 15) is 18.8 Å². The van der Waals surface area contributed by atoms with Gasteiger partial charge in [-0.05, 0) is 48.1 Å². The summed E-state index contributed by atoms with van der Waals surface area (Å²) in [6.07, 6.45) is 1.67. The highest BCUT2D eigenvalue weighted by molar-refractivity contribution is 5.90. The first-order valence-electron chi connectivity index (χ1n) is 14.1. The number of urea groups is 1. The molecule has 216 valence electrons. The maximum absolute atomic E-state index is 13.7. The van der Waals surface area contributed by atoms with Gasteiger partial charge in [0, 0.05) is 26.6 Å². The first-order chi connectivity index (χ1) is 19.9. The standard InChI is InChI=1S/C32H38FN5O3/c1-3-29-37(30(39)23-36(2)38(29)32(41)35-22-26-16-18-27(33)19-17-26)28(21-25-13-8-5-9-14-25)31(40)34-20-10-15-24-11-6-4-7-12-24/h4-9,11-14,16-19,28-29H,3,10,15,20-23H2,1-2H3,(H,34,40)(H,35,41)/t28-,29-/m0/s1. The fourth-order valence-electron chi connectivity index (χ4n) is 5.19. The van der Waals surface area contributed by atoms with Crippen LogP contribution in [0, 0.1) is 5.82 Å². The Morgan fingerprint density at radius 2 is 1.54 bits per heavy atom. The lowest BCUT2D eigenvalue weighted by Gasteiger charge is -2.49. The molecule has 2 N–H and O–H groups in total. The van der Waals surface area contributed by atoms with Crippen molar-refractivity contribution in [2.45, 2.75) is 51.4 Å². The molecule has 0 saturated carbocycles. The van der Waals surface area contributed by atoms with Crippen molar-refractivity contribution in [3.8, 4) is 0 Å². The van der Waals surface area contributed by atoms with Gasteiger partial charge in [0.2, 0.25) is 11.8 Å². The van der Waals surface area contributed by atoms with Crippen molar-refractivity contribution in [3.63, 3.8) is 0 Å². The molecular weight excluding hydrogens is 521 g/mol. The zero-order valence-electron chi connectivity index (χ0n) is 23.6. The van der Waals surface area contributed by atoms with Gasteiger partial charge in [-0.1, -0.05) is 79.7 Å². The summed E-state index contributed by atoms with van der Waals surface area (Å²) >= 11 is 0. The van der Waals surface area contributed by atoms with Gasteiger partial charge in [-0.15, -0.1) is 0 Å². The topological polar surface area (TPSA) is 85.0 Å². The molecule has 1 heterocycles. The summed E-state index contributed by atoms with van der Waals surface area (Å²) in [5, 5.41) is 9.02. The van der Waals surface area contributed by atoms with Crippen LogP contribution < -0.4 is 10.6 Å². The highest BCUT2D eigenvalue weighted by Crippen LogP contribution is 2.24. The SMILES string of the molecule is CC[C@H]1N([C@@H](Cc2ccccc2)C(=O)NCCCc2ccccc2)C(=O)CN(C)N1C(=O)NCc1ccc(F)cc1. The number of nitrogens with zero attached hydrogens (tertiary/aromatic N) is 3. The van der Waals surface area contributed by atoms with Crippen LogP contribution in [0.3, 0.4) is 0 Å². The molecule has 8 nitrogen and oxygen atoms in total. The second-order valence-electron chi connectivity index (χ2n) is 10.2. The molecule has 9 heteroatoms. The van der Waals surface area contributed by atoms with Crippen LogP contribution in [0.2, 0.25) is 0 Å². The van der Waals surface area contributed by atoms with E-state index in [0.29, 0.717) is 19.4 Å². The number of likely N-dealkylation sites (N-methyl/N-ethyl adjacent to an activating group) is 1. The molecule has 3 aromatic carbocycles. The largest absolute Gasteiger partial charge is 0.354 e. The van der Waals surface area contributed by atoms with Gasteiger partial charge in [0.15, 0.2) is 0 Å². The number of hydrogen-bond acceptors (Lipinski definition) is 4. The van der Waals surface area contributed by atoms with E-state index in [-0.39, 0.29) is 30.7 Å². The van der Waals surface area contributed by atoms with Crippen LogP contribution in [0.5, 0.6) is 0 Å². The molecular formula is C32H38FN5O3. The van der Waals surface area contributed by atoms with Crippen molar-refractivity contribution in [2.24, 2.45) is 0 Å². The number of halogens is 1. The first kappa shape index (κ1) is 29.7. The van der Waals surface area contributed by atoms with Gasteiger partial charge in [0.25, 0.3) is 0 Å². The third-order valence-electron chi connectivity index (χ3n) is 7.25. The van der Waals surface area contributed by atoms with Gasteiger partial charge < -0.3 is 15.5 Å². The Kier molecular flexibility index (Phi) is 10.5. The van der Waals surface area contributed by atoms with E-state index in [1.807, 2.05) is 55.5 Å². The zero-order valence-corrected chi connectivity index (χ0v) is 23.6. The average molecular weight is 560 g/mol. The predicted molar refractivity (Wildman–Crippen MR) is 156 cm³/mol. The molecule has 0 aromatic heterocycles. The van der Waals surface area contributed by atoms with E-state index < -0.39 is 18.2 Å². The monoisotopic (exact) mass is 559 g/mol. The first-order valence-corrected chi connectivity index (χ1v) is 14.1. The lowest BCUT2D eigenvalue weighted by Crippen LogP contribution is -2.70. The number of amides is 4. The molecule has 1 aliphatic heterocycles. The van der Waals surface area contributed by atoms with Gasteiger partial charge in [-0.3, -0.25) is 9.59 Å². The Morgan fingerprint density at radius 3 is 2.17 bits per heavy atom. The van der Waals surface area contributed by atoms with Gasteiger partial charge in [-0.2, -0.15) is 0 Å². The molecule has 2 atom stereocenters. The van der Waals surface area contributed by atoms with E-state index >= 15 is 0 Å². The highest BCUT2D eigenvalue weighted by Gasteiger charge is 2.44. The third-order valence-corrected chi connectivity index (χ3v) is 7.25.